The van der Waals surface area contributed by atoms with Crippen molar-refractivity contribution in [3.8, 4) is 0 Å². The molecule has 3 rings (SSSR count). The number of benzene rings is 1. The Bertz CT molecular complexity index is 772. The molecule has 0 radical (unpaired) electrons. The molecular weight excluding hydrogens is 358 g/mol. The fraction of sp³-hybridized carbons (Fsp3) is 0.529. The van der Waals surface area contributed by atoms with Gasteiger partial charge in [0.05, 0.1) is 10.8 Å². The van der Waals surface area contributed by atoms with Crippen LogP contribution in [0.15, 0.2) is 29.2 Å². The van der Waals surface area contributed by atoms with Crippen molar-refractivity contribution in [3.05, 3.63) is 29.8 Å². The standard InChI is InChI=1S/C17H23N3O5S/c21-16(22)14-7-10-19(12-14)17(23)18-11-13-3-5-15(6-4-13)26(24,25)20-8-1-2-9-20/h3-6,14H,1-2,7-12H2,(H,18,23)(H,21,22). The third-order valence-electron chi connectivity index (χ3n) is 4.89. The van der Waals surface area contributed by atoms with Crippen molar-refractivity contribution in [1.82, 2.24) is 14.5 Å². The summed E-state index contributed by atoms with van der Waals surface area (Å²) in [6.45, 7) is 2.03. The van der Waals surface area contributed by atoms with Gasteiger partial charge in [0.1, 0.15) is 0 Å². The highest BCUT2D eigenvalue weighted by molar-refractivity contribution is 7.89. The zero-order valence-corrected chi connectivity index (χ0v) is 15.2. The molecule has 2 aliphatic heterocycles. The van der Waals surface area contributed by atoms with Crippen molar-refractivity contribution in [2.75, 3.05) is 26.2 Å². The average molecular weight is 381 g/mol. The van der Waals surface area contributed by atoms with Crippen LogP contribution < -0.4 is 5.32 Å². The Morgan fingerprint density at radius 1 is 1.12 bits per heavy atom. The van der Waals surface area contributed by atoms with Crippen molar-refractivity contribution in [1.29, 1.82) is 0 Å². The Balaban J connectivity index is 1.55. The maximum Gasteiger partial charge on any atom is 0.317 e. The second kappa shape index (κ2) is 7.63. The molecule has 142 valence electrons. The molecule has 2 heterocycles. The Morgan fingerprint density at radius 2 is 1.77 bits per heavy atom. The molecule has 2 amide bonds. The number of urea groups is 1. The van der Waals surface area contributed by atoms with Crippen LogP contribution in [0.25, 0.3) is 0 Å². The molecule has 0 saturated carbocycles. The van der Waals surface area contributed by atoms with Crippen LogP contribution in [0.2, 0.25) is 0 Å². The lowest BCUT2D eigenvalue weighted by Gasteiger charge is -2.17. The largest absolute Gasteiger partial charge is 0.481 e. The molecule has 1 unspecified atom stereocenters. The summed E-state index contributed by atoms with van der Waals surface area (Å²) in [4.78, 5) is 24.8. The van der Waals surface area contributed by atoms with Crippen LogP contribution in [0.5, 0.6) is 0 Å². The highest BCUT2D eigenvalue weighted by atomic mass is 32.2. The molecule has 26 heavy (non-hydrogen) atoms. The summed E-state index contributed by atoms with van der Waals surface area (Å²) < 4.78 is 26.4. The molecule has 0 aliphatic carbocycles. The lowest BCUT2D eigenvalue weighted by atomic mass is 10.1. The number of carbonyl (C=O) groups excluding carboxylic acids is 1. The number of aliphatic carboxylic acids is 1. The van der Waals surface area contributed by atoms with Crippen LogP contribution in [0.4, 0.5) is 4.79 Å². The maximum absolute atomic E-state index is 12.5. The van der Waals surface area contributed by atoms with E-state index in [9.17, 15) is 18.0 Å². The molecule has 2 N–H and O–H groups in total. The van der Waals surface area contributed by atoms with Gasteiger partial charge in [-0.2, -0.15) is 4.31 Å². The number of carbonyl (C=O) groups is 2. The molecule has 0 spiro atoms. The minimum absolute atomic E-state index is 0.216. The number of carboxylic acid groups (broad SMARTS) is 1. The molecule has 0 bridgehead atoms. The molecule has 1 atom stereocenters. The normalized spacial score (nSPS) is 21.1. The van der Waals surface area contributed by atoms with E-state index in [4.69, 9.17) is 5.11 Å². The first-order valence-corrected chi connectivity index (χ1v) is 10.2. The molecule has 1 aromatic carbocycles. The van der Waals surface area contributed by atoms with Crippen molar-refractivity contribution in [2.45, 2.75) is 30.7 Å². The number of nitrogens with zero attached hydrogens (tertiary/aromatic N) is 2. The molecular formula is C17H23N3O5S. The number of likely N-dealkylation sites (tertiary alicyclic amines) is 1. The van der Waals surface area contributed by atoms with E-state index in [-0.39, 0.29) is 24.0 Å². The zero-order chi connectivity index (χ0) is 18.7. The molecule has 1 aromatic rings. The first kappa shape index (κ1) is 18.7. The van der Waals surface area contributed by atoms with Crippen LogP contribution in [0.1, 0.15) is 24.8 Å². The van der Waals surface area contributed by atoms with Gasteiger partial charge in [0.2, 0.25) is 10.0 Å². The molecule has 0 aromatic heterocycles. The first-order valence-electron chi connectivity index (χ1n) is 8.72. The second-order valence-electron chi connectivity index (χ2n) is 6.68. The second-order valence-corrected chi connectivity index (χ2v) is 8.62. The minimum Gasteiger partial charge on any atom is -0.481 e. The van der Waals surface area contributed by atoms with Gasteiger partial charge in [0.15, 0.2) is 0 Å². The number of hydrogen-bond acceptors (Lipinski definition) is 4. The SMILES string of the molecule is O=C(O)C1CCN(C(=O)NCc2ccc(S(=O)(=O)N3CCCC3)cc2)C1. The maximum atomic E-state index is 12.5. The van der Waals surface area contributed by atoms with Gasteiger partial charge in [-0.05, 0) is 37.0 Å². The van der Waals surface area contributed by atoms with E-state index < -0.39 is 21.9 Å². The van der Waals surface area contributed by atoms with Gasteiger partial charge in [-0.15, -0.1) is 0 Å². The summed E-state index contributed by atoms with van der Waals surface area (Å²) >= 11 is 0. The van der Waals surface area contributed by atoms with Crippen LogP contribution in [0, 0.1) is 5.92 Å². The number of rotatable bonds is 5. The highest BCUT2D eigenvalue weighted by Gasteiger charge is 2.30. The van der Waals surface area contributed by atoms with Gasteiger partial charge in [-0.1, -0.05) is 12.1 Å². The Kier molecular flexibility index (Phi) is 5.47. The van der Waals surface area contributed by atoms with Gasteiger partial charge in [-0.25, -0.2) is 13.2 Å². The summed E-state index contributed by atoms with van der Waals surface area (Å²) in [6, 6.07) is 6.19. The van der Waals surface area contributed by atoms with Crippen LogP contribution >= 0.6 is 0 Å². The molecule has 2 aliphatic rings. The van der Waals surface area contributed by atoms with Crippen LogP contribution in [-0.2, 0) is 21.4 Å². The number of sulfonamides is 1. The van der Waals surface area contributed by atoms with E-state index in [0.29, 0.717) is 26.1 Å². The summed E-state index contributed by atoms with van der Waals surface area (Å²) in [5.74, 6) is -1.38. The number of carboxylic acids is 1. The fourth-order valence-electron chi connectivity index (χ4n) is 3.29. The van der Waals surface area contributed by atoms with Crippen molar-refractivity contribution >= 4 is 22.0 Å². The summed E-state index contributed by atoms with van der Waals surface area (Å²) in [5, 5.41) is 11.7. The van der Waals surface area contributed by atoms with E-state index >= 15 is 0 Å². The molecule has 8 nitrogen and oxygen atoms in total. The van der Waals surface area contributed by atoms with E-state index in [0.717, 1.165) is 18.4 Å². The molecule has 9 heteroatoms. The van der Waals surface area contributed by atoms with Crippen molar-refractivity contribution in [2.24, 2.45) is 5.92 Å². The number of nitrogens with one attached hydrogen (secondary N) is 1. The highest BCUT2D eigenvalue weighted by Crippen LogP contribution is 2.21. The molecule has 2 fully saturated rings. The third kappa shape index (κ3) is 3.99. The van der Waals surface area contributed by atoms with Gasteiger partial charge in [0.25, 0.3) is 0 Å². The fourth-order valence-corrected chi connectivity index (χ4v) is 4.81. The van der Waals surface area contributed by atoms with E-state index in [1.807, 2.05) is 0 Å². The quantitative estimate of drug-likeness (QED) is 0.794. The summed E-state index contributed by atoms with van der Waals surface area (Å²) in [6.07, 6.45) is 2.25. The summed E-state index contributed by atoms with van der Waals surface area (Å²) in [5.41, 5.74) is 0.785. The van der Waals surface area contributed by atoms with Crippen molar-refractivity contribution < 1.29 is 23.1 Å². The average Bonchev–Trinajstić information content (AvgIpc) is 3.31. The number of hydrogen-bond donors (Lipinski definition) is 2. The van der Waals surface area contributed by atoms with Gasteiger partial charge < -0.3 is 15.3 Å². The smallest absolute Gasteiger partial charge is 0.317 e. The topological polar surface area (TPSA) is 107 Å². The van der Waals surface area contributed by atoms with E-state index in [2.05, 4.69) is 5.32 Å². The third-order valence-corrected chi connectivity index (χ3v) is 6.81. The lowest BCUT2D eigenvalue weighted by Crippen LogP contribution is -2.38. The summed E-state index contributed by atoms with van der Waals surface area (Å²) in [7, 11) is -3.43. The Morgan fingerprint density at radius 3 is 2.35 bits per heavy atom. The Labute approximate surface area is 152 Å². The zero-order valence-electron chi connectivity index (χ0n) is 14.4. The number of amides is 2. The lowest BCUT2D eigenvalue weighted by molar-refractivity contribution is -0.141. The van der Waals surface area contributed by atoms with E-state index in [1.165, 1.54) is 9.21 Å². The van der Waals surface area contributed by atoms with Gasteiger partial charge in [0, 0.05) is 32.7 Å². The monoisotopic (exact) mass is 381 g/mol. The molecule has 2 saturated heterocycles. The predicted molar refractivity (Wildman–Crippen MR) is 94.0 cm³/mol. The van der Waals surface area contributed by atoms with Crippen LogP contribution in [-0.4, -0.2) is 60.9 Å². The van der Waals surface area contributed by atoms with Gasteiger partial charge in [-0.3, -0.25) is 4.79 Å². The first-order chi connectivity index (χ1) is 12.4. The minimum atomic E-state index is -3.43. The van der Waals surface area contributed by atoms with Crippen LogP contribution in [0.3, 0.4) is 0 Å². The van der Waals surface area contributed by atoms with Gasteiger partial charge >= 0.3 is 12.0 Å². The van der Waals surface area contributed by atoms with E-state index in [1.54, 1.807) is 24.3 Å². The Hall–Kier alpha value is -2.13. The van der Waals surface area contributed by atoms with Crippen molar-refractivity contribution in [3.63, 3.8) is 0 Å². The predicted octanol–water partition coefficient (Wildman–Crippen LogP) is 1.09.